The van der Waals surface area contributed by atoms with Gasteiger partial charge in [0.25, 0.3) is 0 Å². The molecule has 0 bridgehead atoms. The van der Waals surface area contributed by atoms with Crippen molar-refractivity contribution in [3.63, 3.8) is 0 Å². The summed E-state index contributed by atoms with van der Waals surface area (Å²) in [4.78, 5) is 15.1. The van der Waals surface area contributed by atoms with E-state index in [2.05, 4.69) is 17.0 Å². The van der Waals surface area contributed by atoms with E-state index in [1.807, 2.05) is 31.2 Å². The van der Waals surface area contributed by atoms with E-state index < -0.39 is 5.97 Å². The van der Waals surface area contributed by atoms with E-state index in [-0.39, 0.29) is 6.42 Å². The minimum Gasteiger partial charge on any atom is -0.373 e. The van der Waals surface area contributed by atoms with Crippen LogP contribution in [0.15, 0.2) is 36.4 Å². The molecule has 1 rings (SSSR count). The van der Waals surface area contributed by atoms with Gasteiger partial charge in [-0.15, -0.1) is 0 Å². The van der Waals surface area contributed by atoms with Crippen molar-refractivity contribution in [1.82, 2.24) is 0 Å². The highest BCUT2D eigenvalue weighted by Crippen LogP contribution is 2.09. The topological polar surface area (TPSA) is 52.3 Å². The number of benzene rings is 1. The number of aryl methyl sites for hydroxylation is 1. The van der Waals surface area contributed by atoms with E-state index in [9.17, 15) is 4.79 Å². The Morgan fingerprint density at radius 2 is 2.19 bits per heavy atom. The van der Waals surface area contributed by atoms with Crippen molar-refractivity contribution >= 4 is 5.97 Å². The third kappa shape index (κ3) is 4.28. The molecule has 0 aliphatic carbocycles. The average molecular weight is 219 g/mol. The molecule has 0 unspecified atom stereocenters. The minimum absolute atomic E-state index is 0.230. The number of nitrogens with two attached hydrogens (primary N) is 1. The van der Waals surface area contributed by atoms with Gasteiger partial charge >= 0.3 is 5.97 Å². The van der Waals surface area contributed by atoms with Crippen molar-refractivity contribution in [3.05, 3.63) is 47.5 Å². The number of carbonyl (C=O) groups is 1. The minimum atomic E-state index is -0.411. The molecular formula is C13H17NO2. The fourth-order valence-electron chi connectivity index (χ4n) is 1.52. The quantitative estimate of drug-likeness (QED) is 0.610. The van der Waals surface area contributed by atoms with Gasteiger partial charge in [-0.3, -0.25) is 4.79 Å². The Morgan fingerprint density at radius 3 is 2.88 bits per heavy atom. The van der Waals surface area contributed by atoms with Crippen LogP contribution in [-0.4, -0.2) is 5.97 Å². The van der Waals surface area contributed by atoms with Crippen LogP contribution in [0.3, 0.4) is 0 Å². The SMILES string of the molecule is C/C=C\CCc1cccc(CC(=O)ON)c1. The van der Waals surface area contributed by atoms with Crippen molar-refractivity contribution in [2.75, 3.05) is 0 Å². The molecule has 0 radical (unpaired) electrons. The van der Waals surface area contributed by atoms with Gasteiger partial charge in [-0.05, 0) is 30.9 Å². The van der Waals surface area contributed by atoms with E-state index in [1.165, 1.54) is 5.56 Å². The largest absolute Gasteiger partial charge is 0.373 e. The zero-order valence-electron chi connectivity index (χ0n) is 9.48. The molecule has 0 aliphatic rings. The van der Waals surface area contributed by atoms with Gasteiger partial charge < -0.3 is 4.84 Å². The lowest BCUT2D eigenvalue weighted by atomic mass is 10.0. The van der Waals surface area contributed by atoms with Crippen molar-refractivity contribution in [2.24, 2.45) is 5.90 Å². The highest BCUT2D eigenvalue weighted by molar-refractivity contribution is 5.72. The third-order valence-electron chi connectivity index (χ3n) is 2.31. The summed E-state index contributed by atoms with van der Waals surface area (Å²) in [6.07, 6.45) is 6.39. The van der Waals surface area contributed by atoms with Crippen molar-refractivity contribution in [1.29, 1.82) is 0 Å². The smallest absolute Gasteiger partial charge is 0.328 e. The van der Waals surface area contributed by atoms with E-state index in [1.54, 1.807) is 0 Å². The van der Waals surface area contributed by atoms with Gasteiger partial charge in [0.2, 0.25) is 0 Å². The molecule has 0 heterocycles. The van der Waals surface area contributed by atoms with Gasteiger partial charge in [0, 0.05) is 0 Å². The summed E-state index contributed by atoms with van der Waals surface area (Å²) in [5.74, 6) is 4.39. The molecule has 0 fully saturated rings. The molecule has 16 heavy (non-hydrogen) atoms. The zero-order chi connectivity index (χ0) is 11.8. The van der Waals surface area contributed by atoms with E-state index in [4.69, 9.17) is 5.90 Å². The predicted octanol–water partition coefficient (Wildman–Crippen LogP) is 2.15. The van der Waals surface area contributed by atoms with Crippen LogP contribution >= 0.6 is 0 Å². The molecule has 1 aromatic rings. The molecular weight excluding hydrogens is 202 g/mol. The molecule has 0 amide bonds. The molecule has 1 aromatic carbocycles. The van der Waals surface area contributed by atoms with Crippen molar-refractivity contribution in [3.8, 4) is 0 Å². The predicted molar refractivity (Wildman–Crippen MR) is 63.6 cm³/mol. The van der Waals surface area contributed by atoms with Gasteiger partial charge in [-0.2, -0.15) is 5.90 Å². The molecule has 0 saturated carbocycles. The Kier molecular flexibility index (Phi) is 5.29. The van der Waals surface area contributed by atoms with Gasteiger partial charge in [0.1, 0.15) is 0 Å². The molecule has 86 valence electrons. The molecule has 3 heteroatoms. The molecule has 0 aromatic heterocycles. The summed E-state index contributed by atoms with van der Waals surface area (Å²) in [7, 11) is 0. The van der Waals surface area contributed by atoms with E-state index in [0.29, 0.717) is 0 Å². The Labute approximate surface area is 95.9 Å². The van der Waals surface area contributed by atoms with Gasteiger partial charge in [-0.25, -0.2) is 0 Å². The second kappa shape index (κ2) is 6.80. The van der Waals surface area contributed by atoms with E-state index in [0.717, 1.165) is 18.4 Å². The number of rotatable bonds is 5. The van der Waals surface area contributed by atoms with Crippen LogP contribution in [0.25, 0.3) is 0 Å². The molecule has 0 saturated heterocycles. The van der Waals surface area contributed by atoms with Crippen LogP contribution < -0.4 is 5.90 Å². The van der Waals surface area contributed by atoms with Crippen LogP contribution in [-0.2, 0) is 22.5 Å². The maximum Gasteiger partial charge on any atom is 0.328 e. The van der Waals surface area contributed by atoms with Crippen molar-refractivity contribution in [2.45, 2.75) is 26.2 Å². The number of hydrogen-bond donors (Lipinski definition) is 1. The summed E-state index contributed by atoms with van der Waals surface area (Å²) < 4.78 is 0. The first kappa shape index (κ1) is 12.5. The zero-order valence-corrected chi connectivity index (χ0v) is 9.48. The Bertz CT molecular complexity index is 372. The standard InChI is InChI=1S/C13H17NO2/c1-2-3-4-6-11-7-5-8-12(9-11)10-13(15)16-14/h2-3,5,7-9H,4,6,10,14H2,1H3/b3-2-. The summed E-state index contributed by atoms with van der Waals surface area (Å²) in [5, 5.41) is 0. The number of allylic oxidation sites excluding steroid dienone is 2. The van der Waals surface area contributed by atoms with Crippen LogP contribution in [0.1, 0.15) is 24.5 Å². The number of hydrogen-bond acceptors (Lipinski definition) is 3. The van der Waals surface area contributed by atoms with Crippen LogP contribution in [0, 0.1) is 0 Å². The monoisotopic (exact) mass is 219 g/mol. The number of carbonyl (C=O) groups excluding carboxylic acids is 1. The maximum absolute atomic E-state index is 11.0. The van der Waals surface area contributed by atoms with Crippen LogP contribution in [0.2, 0.25) is 0 Å². The highest BCUT2D eigenvalue weighted by atomic mass is 16.7. The molecule has 3 nitrogen and oxygen atoms in total. The Hall–Kier alpha value is -1.61. The Balaban J connectivity index is 2.60. The highest BCUT2D eigenvalue weighted by Gasteiger charge is 2.03. The lowest BCUT2D eigenvalue weighted by Crippen LogP contribution is -2.12. The first-order valence-corrected chi connectivity index (χ1v) is 5.34. The fourth-order valence-corrected chi connectivity index (χ4v) is 1.52. The summed E-state index contributed by atoms with van der Waals surface area (Å²) in [6.45, 7) is 2.01. The van der Waals surface area contributed by atoms with Crippen LogP contribution in [0.4, 0.5) is 0 Å². The average Bonchev–Trinajstić information content (AvgIpc) is 2.30. The lowest BCUT2D eigenvalue weighted by Gasteiger charge is -2.03. The lowest BCUT2D eigenvalue weighted by molar-refractivity contribution is -0.143. The normalized spacial score (nSPS) is 10.6. The summed E-state index contributed by atoms with van der Waals surface area (Å²) in [5.41, 5.74) is 2.16. The van der Waals surface area contributed by atoms with E-state index >= 15 is 0 Å². The van der Waals surface area contributed by atoms with Crippen LogP contribution in [0.5, 0.6) is 0 Å². The second-order valence-corrected chi connectivity index (χ2v) is 3.59. The maximum atomic E-state index is 11.0. The van der Waals surface area contributed by atoms with Crippen molar-refractivity contribution < 1.29 is 9.63 Å². The molecule has 2 N–H and O–H groups in total. The molecule has 0 atom stereocenters. The first-order valence-electron chi connectivity index (χ1n) is 5.34. The summed E-state index contributed by atoms with van der Waals surface area (Å²) >= 11 is 0. The molecule has 0 aliphatic heterocycles. The first-order chi connectivity index (χ1) is 7.76. The van der Waals surface area contributed by atoms with Gasteiger partial charge in [0.15, 0.2) is 0 Å². The second-order valence-electron chi connectivity index (χ2n) is 3.59. The molecule has 0 spiro atoms. The third-order valence-corrected chi connectivity index (χ3v) is 2.31. The Morgan fingerprint density at radius 1 is 1.44 bits per heavy atom. The summed E-state index contributed by atoms with van der Waals surface area (Å²) in [6, 6.07) is 7.92. The van der Waals surface area contributed by atoms with Gasteiger partial charge in [-0.1, -0.05) is 36.4 Å². The fraction of sp³-hybridized carbons (Fsp3) is 0.308. The van der Waals surface area contributed by atoms with Gasteiger partial charge in [0.05, 0.1) is 6.42 Å².